The Kier molecular flexibility index (Phi) is 4.73. The standard InChI is InChI=1S/C13H11BrCl2OS/c1-7-10(14)6-13(18-7)12(17)5-8-4-9(15)2-3-11(8)16/h2-4,6,12,17H,5H2,1H3. The minimum Gasteiger partial charge on any atom is -0.387 e. The van der Waals surface area contributed by atoms with E-state index in [9.17, 15) is 5.11 Å². The predicted molar refractivity (Wildman–Crippen MR) is 81.9 cm³/mol. The van der Waals surface area contributed by atoms with Crippen LogP contribution in [0.5, 0.6) is 0 Å². The Morgan fingerprint density at radius 1 is 1.33 bits per heavy atom. The smallest absolute Gasteiger partial charge is 0.0923 e. The van der Waals surface area contributed by atoms with E-state index < -0.39 is 6.10 Å². The highest BCUT2D eigenvalue weighted by Gasteiger charge is 2.14. The molecular weight excluding hydrogens is 355 g/mol. The van der Waals surface area contributed by atoms with Gasteiger partial charge in [0.25, 0.3) is 0 Å². The minimum atomic E-state index is -0.559. The van der Waals surface area contributed by atoms with Crippen molar-refractivity contribution in [3.8, 4) is 0 Å². The van der Waals surface area contributed by atoms with E-state index in [-0.39, 0.29) is 0 Å². The molecule has 1 atom stereocenters. The van der Waals surface area contributed by atoms with Gasteiger partial charge in [0.2, 0.25) is 0 Å². The molecule has 1 heterocycles. The Bertz CT molecular complexity index is 549. The van der Waals surface area contributed by atoms with Crippen LogP contribution in [0.4, 0.5) is 0 Å². The first-order valence-electron chi connectivity index (χ1n) is 5.35. The molecule has 1 aromatic heterocycles. The lowest BCUT2D eigenvalue weighted by molar-refractivity contribution is 0.182. The molecule has 1 unspecified atom stereocenters. The first-order chi connectivity index (χ1) is 8.47. The molecule has 1 aromatic carbocycles. The Hall–Kier alpha value is -0.0600. The predicted octanol–water partition coefficient (Wildman–Crippen LogP) is 5.40. The van der Waals surface area contributed by atoms with Crippen LogP contribution in [0.15, 0.2) is 28.7 Å². The third-order valence-corrected chi connectivity index (χ3v) is 5.47. The van der Waals surface area contributed by atoms with E-state index >= 15 is 0 Å². The third-order valence-electron chi connectivity index (χ3n) is 2.63. The number of hydrogen-bond donors (Lipinski definition) is 1. The van der Waals surface area contributed by atoms with Gasteiger partial charge in [0.1, 0.15) is 0 Å². The van der Waals surface area contributed by atoms with Gasteiger partial charge in [0.15, 0.2) is 0 Å². The van der Waals surface area contributed by atoms with E-state index in [0.717, 1.165) is 19.8 Å². The molecule has 96 valence electrons. The van der Waals surface area contributed by atoms with Gasteiger partial charge in [-0.2, -0.15) is 0 Å². The van der Waals surface area contributed by atoms with Crippen LogP contribution in [0.2, 0.25) is 10.0 Å². The molecule has 0 aliphatic rings. The molecule has 0 saturated carbocycles. The van der Waals surface area contributed by atoms with E-state index in [0.29, 0.717) is 16.5 Å². The van der Waals surface area contributed by atoms with Crippen molar-refractivity contribution in [2.24, 2.45) is 0 Å². The molecule has 0 aliphatic heterocycles. The van der Waals surface area contributed by atoms with Gasteiger partial charge in [0, 0.05) is 30.7 Å². The zero-order valence-electron chi connectivity index (χ0n) is 9.58. The van der Waals surface area contributed by atoms with Crippen LogP contribution in [0.25, 0.3) is 0 Å². The van der Waals surface area contributed by atoms with Gasteiger partial charge < -0.3 is 5.11 Å². The maximum absolute atomic E-state index is 10.2. The summed E-state index contributed by atoms with van der Waals surface area (Å²) in [6.07, 6.45) is -0.0952. The summed E-state index contributed by atoms with van der Waals surface area (Å²) in [4.78, 5) is 2.08. The van der Waals surface area contributed by atoms with Crippen LogP contribution < -0.4 is 0 Å². The van der Waals surface area contributed by atoms with Crippen molar-refractivity contribution in [2.75, 3.05) is 0 Å². The number of rotatable bonds is 3. The zero-order valence-corrected chi connectivity index (χ0v) is 13.5. The van der Waals surface area contributed by atoms with Crippen molar-refractivity contribution in [3.05, 3.63) is 54.1 Å². The summed E-state index contributed by atoms with van der Waals surface area (Å²) < 4.78 is 1.03. The van der Waals surface area contributed by atoms with E-state index in [1.807, 2.05) is 13.0 Å². The summed E-state index contributed by atoms with van der Waals surface area (Å²) in [5.74, 6) is 0. The molecule has 5 heteroatoms. The van der Waals surface area contributed by atoms with E-state index in [1.165, 1.54) is 0 Å². The van der Waals surface area contributed by atoms with Crippen molar-refractivity contribution < 1.29 is 5.11 Å². The SMILES string of the molecule is Cc1sc(C(O)Cc2cc(Cl)ccc2Cl)cc1Br. The Labute approximate surface area is 128 Å². The Balaban J connectivity index is 2.20. The number of benzene rings is 1. The average Bonchev–Trinajstić information content (AvgIpc) is 2.64. The van der Waals surface area contributed by atoms with E-state index in [4.69, 9.17) is 23.2 Å². The van der Waals surface area contributed by atoms with Crippen LogP contribution >= 0.6 is 50.5 Å². The molecule has 18 heavy (non-hydrogen) atoms. The number of thiophene rings is 1. The summed E-state index contributed by atoms with van der Waals surface area (Å²) in [5, 5.41) is 11.5. The summed E-state index contributed by atoms with van der Waals surface area (Å²) in [6.45, 7) is 2.01. The molecule has 0 bridgehead atoms. The van der Waals surface area contributed by atoms with Crippen molar-refractivity contribution in [1.29, 1.82) is 0 Å². The van der Waals surface area contributed by atoms with Gasteiger partial charge in [-0.05, 0) is 52.7 Å². The second kappa shape index (κ2) is 5.93. The van der Waals surface area contributed by atoms with E-state index in [2.05, 4.69) is 15.9 Å². The first-order valence-corrected chi connectivity index (χ1v) is 7.71. The third kappa shape index (κ3) is 3.28. The van der Waals surface area contributed by atoms with Crippen molar-refractivity contribution in [3.63, 3.8) is 0 Å². The largest absolute Gasteiger partial charge is 0.387 e. The maximum atomic E-state index is 10.2. The minimum absolute atomic E-state index is 0.464. The second-order valence-electron chi connectivity index (χ2n) is 4.01. The summed E-state index contributed by atoms with van der Waals surface area (Å²) in [7, 11) is 0. The molecule has 0 spiro atoms. The highest BCUT2D eigenvalue weighted by Crippen LogP contribution is 2.33. The van der Waals surface area contributed by atoms with Crippen LogP contribution in [-0.2, 0) is 6.42 Å². The van der Waals surface area contributed by atoms with Gasteiger partial charge in [0.05, 0.1) is 6.10 Å². The number of aliphatic hydroxyl groups is 1. The number of hydrogen-bond acceptors (Lipinski definition) is 2. The lowest BCUT2D eigenvalue weighted by atomic mass is 10.1. The molecule has 0 aliphatic carbocycles. The number of halogens is 3. The molecule has 2 aromatic rings. The normalized spacial score (nSPS) is 12.7. The highest BCUT2D eigenvalue weighted by atomic mass is 79.9. The quantitative estimate of drug-likeness (QED) is 0.771. The topological polar surface area (TPSA) is 20.2 Å². The van der Waals surface area contributed by atoms with E-state index in [1.54, 1.807) is 29.5 Å². The fourth-order valence-electron chi connectivity index (χ4n) is 1.65. The van der Waals surface area contributed by atoms with Crippen molar-refractivity contribution >= 4 is 50.5 Å². The van der Waals surface area contributed by atoms with Crippen molar-refractivity contribution in [2.45, 2.75) is 19.4 Å². The molecule has 0 radical (unpaired) electrons. The fraction of sp³-hybridized carbons (Fsp3) is 0.231. The van der Waals surface area contributed by atoms with Gasteiger partial charge in [-0.1, -0.05) is 23.2 Å². The summed E-state index contributed by atoms with van der Waals surface area (Å²) in [5.41, 5.74) is 0.860. The molecule has 0 fully saturated rings. The molecule has 1 N–H and O–H groups in total. The molecule has 0 saturated heterocycles. The summed E-state index contributed by atoms with van der Waals surface area (Å²) in [6, 6.07) is 7.24. The molecule has 0 amide bonds. The lowest BCUT2D eigenvalue weighted by Gasteiger charge is -2.10. The highest BCUT2D eigenvalue weighted by molar-refractivity contribution is 9.10. The summed E-state index contributed by atoms with van der Waals surface area (Å²) >= 11 is 17.0. The maximum Gasteiger partial charge on any atom is 0.0923 e. The van der Waals surface area contributed by atoms with Gasteiger partial charge in [-0.25, -0.2) is 0 Å². The number of aliphatic hydroxyl groups excluding tert-OH is 1. The van der Waals surface area contributed by atoms with Crippen LogP contribution in [0.1, 0.15) is 21.4 Å². The van der Waals surface area contributed by atoms with Crippen molar-refractivity contribution in [1.82, 2.24) is 0 Å². The fourth-order valence-corrected chi connectivity index (χ4v) is 3.59. The second-order valence-corrected chi connectivity index (χ2v) is 6.99. The first kappa shape index (κ1) is 14.4. The zero-order chi connectivity index (χ0) is 13.3. The van der Waals surface area contributed by atoms with Gasteiger partial charge in [-0.15, -0.1) is 11.3 Å². The molecule has 2 rings (SSSR count). The lowest BCUT2D eigenvalue weighted by Crippen LogP contribution is -2.00. The Morgan fingerprint density at radius 2 is 2.06 bits per heavy atom. The number of aryl methyl sites for hydroxylation is 1. The molecular formula is C13H11BrCl2OS. The molecule has 1 nitrogen and oxygen atoms in total. The monoisotopic (exact) mass is 364 g/mol. The Morgan fingerprint density at radius 3 is 2.67 bits per heavy atom. The van der Waals surface area contributed by atoms with Gasteiger partial charge in [-0.3, -0.25) is 0 Å². The van der Waals surface area contributed by atoms with Crippen LogP contribution in [0.3, 0.4) is 0 Å². The van der Waals surface area contributed by atoms with Gasteiger partial charge >= 0.3 is 0 Å². The van der Waals surface area contributed by atoms with Crippen LogP contribution in [0, 0.1) is 6.92 Å². The average molecular weight is 366 g/mol. The van der Waals surface area contributed by atoms with Crippen LogP contribution in [-0.4, -0.2) is 5.11 Å².